The third-order valence-electron chi connectivity index (χ3n) is 7.50. The smallest absolute Gasteiger partial charge is 0.312 e. The van der Waals surface area contributed by atoms with Gasteiger partial charge in [0.1, 0.15) is 30.2 Å². The zero-order valence-electron chi connectivity index (χ0n) is 22.1. The summed E-state index contributed by atoms with van der Waals surface area (Å²) in [5, 5.41) is 24.8. The van der Waals surface area contributed by atoms with E-state index >= 15 is 0 Å². The minimum absolute atomic E-state index is 0.143. The van der Waals surface area contributed by atoms with Crippen molar-refractivity contribution >= 4 is 35.3 Å². The van der Waals surface area contributed by atoms with Gasteiger partial charge >= 0.3 is 5.97 Å². The van der Waals surface area contributed by atoms with Gasteiger partial charge in [-0.1, -0.05) is 43.7 Å². The van der Waals surface area contributed by atoms with Crippen LogP contribution in [-0.4, -0.2) is 80.2 Å². The molecule has 0 bridgehead atoms. The Labute approximate surface area is 225 Å². The van der Waals surface area contributed by atoms with Crippen LogP contribution in [0.1, 0.15) is 49.9 Å². The van der Waals surface area contributed by atoms with Crippen LogP contribution in [0.4, 0.5) is 5.69 Å². The molecule has 0 saturated heterocycles. The number of carboxylic acid groups (broad SMARTS) is 1. The van der Waals surface area contributed by atoms with Crippen LogP contribution in [0.5, 0.6) is 0 Å². The van der Waals surface area contributed by atoms with E-state index in [0.717, 1.165) is 16.0 Å². The molecule has 1 aromatic heterocycles. The highest BCUT2D eigenvalue weighted by atomic mass is 16.4. The summed E-state index contributed by atoms with van der Waals surface area (Å²) < 4.78 is 0. The van der Waals surface area contributed by atoms with Crippen LogP contribution in [0.3, 0.4) is 0 Å². The highest BCUT2D eigenvalue weighted by Gasteiger charge is 2.44. The highest BCUT2D eigenvalue weighted by molar-refractivity contribution is 6.08. The van der Waals surface area contributed by atoms with Crippen molar-refractivity contribution in [3.63, 3.8) is 0 Å². The number of para-hydroxylation sites is 1. The van der Waals surface area contributed by atoms with Gasteiger partial charge in [-0.25, -0.2) is 0 Å². The maximum absolute atomic E-state index is 13.9. The van der Waals surface area contributed by atoms with Crippen LogP contribution < -0.4 is 15.5 Å². The van der Waals surface area contributed by atoms with E-state index in [2.05, 4.69) is 26.0 Å². The maximum Gasteiger partial charge on any atom is 0.312 e. The Kier molecular flexibility index (Phi) is 8.27. The Balaban J connectivity index is 1.56. The van der Waals surface area contributed by atoms with E-state index in [1.807, 2.05) is 25.1 Å². The standard InChI is InChI=1S/C26H33N7O6/c1-4-14(2)22(32(3)20(34)11-21(35)36)25(38)29-18-9-8-15-6-5-7-16-10-19(33(23(15)16)26(18)39)24(37)27-12-17-13-28-31-30-17/h5-7,13-14,18-19,22H,4,8-12H2,1-3H3,(H,27,37)(H,29,38)(H,35,36)(H,28,30,31)/t14-,18-,19-,22-/m0/s1. The molecule has 0 fully saturated rings. The molecule has 13 nitrogen and oxygen atoms in total. The average molecular weight is 540 g/mol. The molecule has 2 aromatic rings. The second-order valence-electron chi connectivity index (χ2n) is 10.0. The first kappa shape index (κ1) is 27.7. The van der Waals surface area contributed by atoms with E-state index < -0.39 is 48.2 Å². The molecule has 0 saturated carbocycles. The molecule has 4 rings (SSSR count). The van der Waals surface area contributed by atoms with Crippen molar-refractivity contribution in [2.75, 3.05) is 11.9 Å². The fourth-order valence-corrected chi connectivity index (χ4v) is 5.29. The first-order chi connectivity index (χ1) is 18.6. The normalized spacial score (nSPS) is 19.5. The summed E-state index contributed by atoms with van der Waals surface area (Å²) in [6.07, 6.45) is 2.53. The Morgan fingerprint density at radius 1 is 1.26 bits per heavy atom. The molecule has 4 atom stereocenters. The molecule has 0 aliphatic carbocycles. The van der Waals surface area contributed by atoms with Gasteiger partial charge < -0.3 is 20.6 Å². The lowest BCUT2D eigenvalue weighted by Gasteiger charge is -2.33. The van der Waals surface area contributed by atoms with E-state index in [0.29, 0.717) is 37.1 Å². The number of hydrogen-bond donors (Lipinski definition) is 4. The third kappa shape index (κ3) is 5.76. The number of aromatic amines is 1. The number of hydrogen-bond acceptors (Lipinski definition) is 7. The Hall–Kier alpha value is -4.29. The van der Waals surface area contributed by atoms with Crippen molar-refractivity contribution in [3.05, 3.63) is 41.2 Å². The van der Waals surface area contributed by atoms with Gasteiger partial charge in [0.05, 0.1) is 12.2 Å². The van der Waals surface area contributed by atoms with E-state index in [1.54, 1.807) is 13.1 Å². The van der Waals surface area contributed by atoms with Crippen LogP contribution in [0.2, 0.25) is 0 Å². The number of carbonyl (C=O) groups is 5. The first-order valence-corrected chi connectivity index (χ1v) is 13.0. The number of carbonyl (C=O) groups excluding carboxylic acids is 4. The van der Waals surface area contributed by atoms with Crippen LogP contribution in [0, 0.1) is 5.92 Å². The van der Waals surface area contributed by atoms with Crippen molar-refractivity contribution in [1.82, 2.24) is 30.9 Å². The van der Waals surface area contributed by atoms with E-state index in [9.17, 15) is 24.0 Å². The van der Waals surface area contributed by atoms with Crippen molar-refractivity contribution in [2.45, 2.75) is 70.6 Å². The highest BCUT2D eigenvalue weighted by Crippen LogP contribution is 2.39. The number of nitrogens with zero attached hydrogens (tertiary/aromatic N) is 4. The number of benzene rings is 1. The maximum atomic E-state index is 13.9. The first-order valence-electron chi connectivity index (χ1n) is 13.0. The molecule has 0 unspecified atom stereocenters. The number of nitrogens with one attached hydrogen (secondary N) is 3. The van der Waals surface area contributed by atoms with Gasteiger partial charge in [-0.05, 0) is 29.9 Å². The molecule has 4 amide bonds. The number of aryl methyl sites for hydroxylation is 1. The zero-order chi connectivity index (χ0) is 28.3. The van der Waals surface area contributed by atoms with Crippen LogP contribution in [0.25, 0.3) is 0 Å². The number of H-pyrrole nitrogens is 1. The van der Waals surface area contributed by atoms with Gasteiger partial charge in [0.25, 0.3) is 0 Å². The molecule has 39 heavy (non-hydrogen) atoms. The van der Waals surface area contributed by atoms with Crippen LogP contribution in [0.15, 0.2) is 24.4 Å². The van der Waals surface area contributed by atoms with Gasteiger partial charge in [-0.15, -0.1) is 5.10 Å². The molecule has 2 aliphatic rings. The zero-order valence-corrected chi connectivity index (χ0v) is 22.1. The number of amides is 4. The monoisotopic (exact) mass is 539 g/mol. The molecule has 0 spiro atoms. The summed E-state index contributed by atoms with van der Waals surface area (Å²) in [5.74, 6) is -3.58. The third-order valence-corrected chi connectivity index (χ3v) is 7.50. The van der Waals surface area contributed by atoms with E-state index in [-0.39, 0.29) is 18.4 Å². The topological polar surface area (TPSA) is 178 Å². The number of rotatable bonds is 10. The van der Waals surface area contributed by atoms with Gasteiger partial charge in [0.2, 0.25) is 23.6 Å². The fourth-order valence-electron chi connectivity index (χ4n) is 5.29. The number of aliphatic carboxylic acids is 1. The van der Waals surface area contributed by atoms with E-state index in [4.69, 9.17) is 5.11 Å². The lowest BCUT2D eigenvalue weighted by molar-refractivity contribution is -0.148. The summed E-state index contributed by atoms with van der Waals surface area (Å²) in [6, 6.07) is 3.01. The van der Waals surface area contributed by atoms with Crippen LogP contribution >= 0.6 is 0 Å². The molecular formula is C26H33N7O6. The van der Waals surface area contributed by atoms with Crippen molar-refractivity contribution in [1.29, 1.82) is 0 Å². The van der Waals surface area contributed by atoms with Gasteiger partial charge in [-0.3, -0.25) is 34.0 Å². The number of anilines is 1. The molecule has 1 aromatic carbocycles. The lowest BCUT2D eigenvalue weighted by atomic mass is 9.95. The lowest BCUT2D eigenvalue weighted by Crippen LogP contribution is -2.58. The largest absolute Gasteiger partial charge is 0.481 e. The van der Waals surface area contributed by atoms with Crippen molar-refractivity contribution in [2.24, 2.45) is 5.92 Å². The molecule has 4 N–H and O–H groups in total. The van der Waals surface area contributed by atoms with Gasteiger partial charge in [0, 0.05) is 19.7 Å². The average Bonchev–Trinajstić information content (AvgIpc) is 3.54. The Morgan fingerprint density at radius 2 is 2.00 bits per heavy atom. The molecule has 2 aliphatic heterocycles. The predicted octanol–water partition coefficient (Wildman–Crippen LogP) is 0.158. The summed E-state index contributed by atoms with van der Waals surface area (Å²) in [4.78, 5) is 66.9. The summed E-state index contributed by atoms with van der Waals surface area (Å²) >= 11 is 0. The Morgan fingerprint density at radius 3 is 2.67 bits per heavy atom. The van der Waals surface area contributed by atoms with Crippen molar-refractivity contribution in [3.8, 4) is 0 Å². The molecule has 13 heteroatoms. The van der Waals surface area contributed by atoms with Crippen LogP contribution in [-0.2, 0) is 43.4 Å². The number of carboxylic acids is 1. The summed E-state index contributed by atoms with van der Waals surface area (Å²) in [6.45, 7) is 3.80. The second-order valence-corrected chi connectivity index (χ2v) is 10.0. The van der Waals surface area contributed by atoms with Gasteiger partial charge in [0.15, 0.2) is 0 Å². The number of aromatic nitrogens is 3. The quantitative estimate of drug-likeness (QED) is 0.308. The molecule has 3 heterocycles. The predicted molar refractivity (Wildman–Crippen MR) is 138 cm³/mol. The fraction of sp³-hybridized carbons (Fsp3) is 0.500. The minimum Gasteiger partial charge on any atom is -0.481 e. The van der Waals surface area contributed by atoms with Gasteiger partial charge in [-0.2, -0.15) is 0 Å². The molecule has 208 valence electrons. The molecule has 0 radical (unpaired) electrons. The van der Waals surface area contributed by atoms with E-state index in [1.165, 1.54) is 11.9 Å². The number of likely N-dealkylation sites (N-methyl/N-ethyl adjacent to an activating group) is 1. The van der Waals surface area contributed by atoms with Crippen molar-refractivity contribution < 1.29 is 29.1 Å². The Bertz CT molecular complexity index is 1260. The summed E-state index contributed by atoms with van der Waals surface area (Å²) in [7, 11) is 1.40. The molecular weight excluding hydrogens is 506 g/mol. The summed E-state index contributed by atoms with van der Waals surface area (Å²) in [5.41, 5.74) is 3.04. The SMILES string of the molecule is CC[C@H](C)[C@@H](C(=O)N[C@H]1CCc2cccc3c2N(C1=O)[C@H](C(=O)NCc1c[nH]nn1)C3)N(C)C(=O)CC(=O)O. The second kappa shape index (κ2) is 11.6. The minimum atomic E-state index is -1.29.